The highest BCUT2D eigenvalue weighted by atomic mass is 16.5. The molecule has 1 atom stereocenters. The van der Waals surface area contributed by atoms with Crippen LogP contribution in [0.4, 0.5) is 0 Å². The van der Waals surface area contributed by atoms with Crippen LogP contribution in [-0.4, -0.2) is 33.3 Å². The van der Waals surface area contributed by atoms with E-state index >= 15 is 0 Å². The molecule has 1 N–H and O–H groups in total. The van der Waals surface area contributed by atoms with Crippen molar-refractivity contribution in [1.82, 2.24) is 9.55 Å². The summed E-state index contributed by atoms with van der Waals surface area (Å²) in [5.41, 5.74) is 2.97. The van der Waals surface area contributed by atoms with Crippen molar-refractivity contribution in [3.8, 4) is 5.75 Å². The van der Waals surface area contributed by atoms with Gasteiger partial charge in [0.15, 0.2) is 0 Å². The molecule has 0 saturated carbocycles. The lowest BCUT2D eigenvalue weighted by atomic mass is 10.2. The van der Waals surface area contributed by atoms with E-state index in [0.29, 0.717) is 18.7 Å². The van der Waals surface area contributed by atoms with Crippen molar-refractivity contribution in [2.75, 3.05) is 6.61 Å². The fourth-order valence-corrected chi connectivity index (χ4v) is 3.40. The van der Waals surface area contributed by atoms with E-state index < -0.39 is 5.97 Å². The Balaban J connectivity index is 1.65. The summed E-state index contributed by atoms with van der Waals surface area (Å²) < 4.78 is 13.8. The molecular weight excluding hydrogens is 344 g/mol. The third kappa shape index (κ3) is 3.80. The summed E-state index contributed by atoms with van der Waals surface area (Å²) >= 11 is 0. The predicted molar refractivity (Wildman–Crippen MR) is 101 cm³/mol. The molecule has 1 aliphatic rings. The van der Waals surface area contributed by atoms with E-state index in [1.165, 1.54) is 5.56 Å². The lowest BCUT2D eigenvalue weighted by Gasteiger charge is -2.14. The average molecular weight is 366 g/mol. The van der Waals surface area contributed by atoms with Crippen LogP contribution in [0.25, 0.3) is 11.0 Å². The van der Waals surface area contributed by atoms with Gasteiger partial charge >= 0.3 is 5.97 Å². The Labute approximate surface area is 157 Å². The van der Waals surface area contributed by atoms with Crippen LogP contribution in [0.2, 0.25) is 0 Å². The Hall–Kier alpha value is -2.86. The molecule has 6 heteroatoms. The lowest BCUT2D eigenvalue weighted by molar-refractivity contribution is 0.0697. The van der Waals surface area contributed by atoms with Crippen LogP contribution in [0.3, 0.4) is 0 Å². The molecule has 1 fully saturated rings. The van der Waals surface area contributed by atoms with E-state index in [-0.39, 0.29) is 11.7 Å². The molecule has 0 spiro atoms. The average Bonchev–Trinajstić information content (AvgIpc) is 3.29. The van der Waals surface area contributed by atoms with Gasteiger partial charge in [0.2, 0.25) is 0 Å². The van der Waals surface area contributed by atoms with Crippen LogP contribution in [0.5, 0.6) is 5.75 Å². The predicted octanol–water partition coefficient (Wildman–Crippen LogP) is 3.80. The Morgan fingerprint density at radius 3 is 2.81 bits per heavy atom. The summed E-state index contributed by atoms with van der Waals surface area (Å²) in [4.78, 5) is 15.9. The Morgan fingerprint density at radius 1 is 1.30 bits per heavy atom. The maximum atomic E-state index is 11.3. The molecule has 1 aliphatic heterocycles. The highest BCUT2D eigenvalue weighted by Gasteiger charge is 2.20. The summed E-state index contributed by atoms with van der Waals surface area (Å²) in [6.45, 7) is 3.82. The summed E-state index contributed by atoms with van der Waals surface area (Å²) in [6, 6.07) is 12.9. The van der Waals surface area contributed by atoms with Gasteiger partial charge in [-0.25, -0.2) is 9.78 Å². The number of imidazole rings is 1. The first-order valence-electron chi connectivity index (χ1n) is 9.14. The van der Waals surface area contributed by atoms with Gasteiger partial charge < -0.3 is 19.1 Å². The number of aryl methyl sites for hydroxylation is 1. The number of rotatable bonds is 6. The monoisotopic (exact) mass is 366 g/mol. The largest absolute Gasteiger partial charge is 0.486 e. The number of fused-ring (bicyclic) bond motifs is 1. The quantitative estimate of drug-likeness (QED) is 0.718. The van der Waals surface area contributed by atoms with E-state index in [2.05, 4.69) is 9.55 Å². The van der Waals surface area contributed by atoms with Crippen LogP contribution in [0.15, 0.2) is 42.5 Å². The van der Waals surface area contributed by atoms with Crippen LogP contribution in [0.1, 0.15) is 34.6 Å². The van der Waals surface area contributed by atoms with Crippen LogP contribution in [0, 0.1) is 6.92 Å². The number of carboxylic acid groups (broad SMARTS) is 1. The Bertz CT molecular complexity index is 956. The van der Waals surface area contributed by atoms with Gasteiger partial charge in [-0.1, -0.05) is 17.7 Å². The van der Waals surface area contributed by atoms with Gasteiger partial charge in [0.25, 0.3) is 0 Å². The molecule has 1 aromatic heterocycles. The van der Waals surface area contributed by atoms with Crippen molar-refractivity contribution in [3.63, 3.8) is 0 Å². The molecule has 2 heterocycles. The number of benzene rings is 2. The fourth-order valence-electron chi connectivity index (χ4n) is 3.40. The fraction of sp³-hybridized carbons (Fsp3) is 0.333. The van der Waals surface area contributed by atoms with Crippen molar-refractivity contribution in [2.45, 2.75) is 39.0 Å². The van der Waals surface area contributed by atoms with Gasteiger partial charge in [-0.05, 0) is 50.1 Å². The van der Waals surface area contributed by atoms with Crippen molar-refractivity contribution in [1.29, 1.82) is 0 Å². The molecule has 0 amide bonds. The van der Waals surface area contributed by atoms with Gasteiger partial charge in [-0.3, -0.25) is 0 Å². The number of carboxylic acids is 1. The molecule has 1 unspecified atom stereocenters. The van der Waals surface area contributed by atoms with E-state index in [9.17, 15) is 9.90 Å². The number of ether oxygens (including phenoxy) is 2. The van der Waals surface area contributed by atoms with Gasteiger partial charge in [-0.15, -0.1) is 0 Å². The molecular formula is C21H22N2O4. The highest BCUT2D eigenvalue weighted by Crippen LogP contribution is 2.23. The molecule has 4 rings (SSSR count). The van der Waals surface area contributed by atoms with Crippen molar-refractivity contribution in [2.24, 2.45) is 0 Å². The zero-order chi connectivity index (χ0) is 18.8. The topological polar surface area (TPSA) is 73.6 Å². The summed E-state index contributed by atoms with van der Waals surface area (Å²) in [7, 11) is 0. The third-order valence-electron chi connectivity index (χ3n) is 4.87. The van der Waals surface area contributed by atoms with Gasteiger partial charge in [0.05, 0.1) is 29.2 Å². The maximum Gasteiger partial charge on any atom is 0.335 e. The molecule has 6 nitrogen and oxygen atoms in total. The number of aromatic carboxylic acids is 1. The first-order valence-corrected chi connectivity index (χ1v) is 9.14. The third-order valence-corrected chi connectivity index (χ3v) is 4.87. The first kappa shape index (κ1) is 17.5. The van der Waals surface area contributed by atoms with E-state index in [1.54, 1.807) is 12.1 Å². The zero-order valence-electron chi connectivity index (χ0n) is 15.2. The molecule has 3 aromatic rings. The van der Waals surface area contributed by atoms with Crippen molar-refractivity contribution >= 4 is 17.0 Å². The van der Waals surface area contributed by atoms with Crippen LogP contribution in [-0.2, 0) is 17.9 Å². The molecule has 0 bridgehead atoms. The molecule has 0 aliphatic carbocycles. The second-order valence-corrected chi connectivity index (χ2v) is 6.88. The normalized spacial score (nSPS) is 16.7. The van der Waals surface area contributed by atoms with E-state index in [0.717, 1.165) is 36.5 Å². The minimum absolute atomic E-state index is 0.152. The first-order chi connectivity index (χ1) is 13.1. The molecule has 0 radical (unpaired) electrons. The molecule has 2 aromatic carbocycles. The summed E-state index contributed by atoms with van der Waals surface area (Å²) in [6.07, 6.45) is 2.24. The maximum absolute atomic E-state index is 11.3. The minimum Gasteiger partial charge on any atom is -0.486 e. The Kier molecular flexibility index (Phi) is 4.81. The smallest absolute Gasteiger partial charge is 0.335 e. The van der Waals surface area contributed by atoms with Crippen LogP contribution >= 0.6 is 0 Å². The summed E-state index contributed by atoms with van der Waals surface area (Å²) in [5, 5.41) is 9.25. The number of nitrogens with zero attached hydrogens (tertiary/aromatic N) is 2. The molecule has 27 heavy (non-hydrogen) atoms. The second kappa shape index (κ2) is 7.40. The van der Waals surface area contributed by atoms with Crippen LogP contribution < -0.4 is 4.74 Å². The lowest BCUT2D eigenvalue weighted by Crippen LogP contribution is -2.18. The SMILES string of the molecule is Cc1ccc(OCc2nc3cc(C(=O)O)ccc3n2CC2CCCO2)cc1. The highest BCUT2D eigenvalue weighted by molar-refractivity contribution is 5.92. The minimum atomic E-state index is -0.956. The molecule has 140 valence electrons. The van der Waals surface area contributed by atoms with Gasteiger partial charge in [0.1, 0.15) is 18.2 Å². The standard InChI is InChI=1S/C21H22N2O4/c1-14-4-7-16(8-5-14)27-13-20-22-18-11-15(21(24)25)6-9-19(18)23(20)12-17-3-2-10-26-17/h4-9,11,17H,2-3,10,12-13H2,1H3,(H,24,25). The second-order valence-electron chi connectivity index (χ2n) is 6.88. The number of aromatic nitrogens is 2. The number of hydrogen-bond acceptors (Lipinski definition) is 4. The van der Waals surface area contributed by atoms with E-state index in [4.69, 9.17) is 9.47 Å². The van der Waals surface area contributed by atoms with Crippen molar-refractivity contribution in [3.05, 3.63) is 59.4 Å². The molecule has 1 saturated heterocycles. The van der Waals surface area contributed by atoms with Crippen molar-refractivity contribution < 1.29 is 19.4 Å². The van der Waals surface area contributed by atoms with E-state index in [1.807, 2.05) is 37.3 Å². The number of carbonyl (C=O) groups is 1. The van der Waals surface area contributed by atoms with Gasteiger partial charge in [-0.2, -0.15) is 0 Å². The number of hydrogen-bond donors (Lipinski definition) is 1. The zero-order valence-corrected chi connectivity index (χ0v) is 15.2. The summed E-state index contributed by atoms with van der Waals surface area (Å²) in [5.74, 6) is 0.592. The van der Waals surface area contributed by atoms with Gasteiger partial charge in [0, 0.05) is 6.61 Å². The Morgan fingerprint density at radius 2 is 2.11 bits per heavy atom.